The maximum absolute atomic E-state index is 12.0. The number of carbonyl (C=O) groups is 1. The summed E-state index contributed by atoms with van der Waals surface area (Å²) in [6, 6.07) is 11.6. The van der Waals surface area contributed by atoms with Crippen LogP contribution >= 0.6 is 27.3 Å². The highest BCUT2D eigenvalue weighted by Crippen LogP contribution is 2.36. The van der Waals surface area contributed by atoms with Gasteiger partial charge in [0.25, 0.3) is 0 Å². The van der Waals surface area contributed by atoms with Crippen LogP contribution in [-0.2, 0) is 16.6 Å². The zero-order valence-electron chi connectivity index (χ0n) is 20.0. The largest absolute Gasteiger partial charge is 0.493 e. The van der Waals surface area contributed by atoms with Crippen LogP contribution in [0.15, 0.2) is 46.0 Å². The number of hydrogen-bond donors (Lipinski definition) is 2. The number of ether oxygens (including phenoxy) is 3. The van der Waals surface area contributed by atoms with Crippen LogP contribution in [0.1, 0.15) is 36.9 Å². The second-order valence-electron chi connectivity index (χ2n) is 8.51. The molecule has 35 heavy (non-hydrogen) atoms. The second kappa shape index (κ2) is 12.0. The van der Waals surface area contributed by atoms with Crippen LogP contribution in [-0.4, -0.2) is 42.6 Å². The number of nitrogens with zero attached hydrogens (tertiary/aromatic N) is 3. The van der Waals surface area contributed by atoms with Crippen molar-refractivity contribution in [1.82, 2.24) is 15.6 Å². The third kappa shape index (κ3) is 7.93. The molecule has 1 amide bonds. The molecule has 3 rings (SSSR count). The first-order valence-corrected chi connectivity index (χ1v) is 12.4. The molecular formula is C24H28BrN5O4S. The van der Waals surface area contributed by atoms with Gasteiger partial charge in [0.2, 0.25) is 11.0 Å². The molecular weight excluding hydrogens is 534 g/mol. The summed E-state index contributed by atoms with van der Waals surface area (Å²) in [7, 11) is 1.55. The fourth-order valence-corrected chi connectivity index (χ4v) is 4.18. The topological polar surface area (TPSA) is 121 Å². The number of rotatable bonds is 10. The van der Waals surface area contributed by atoms with Crippen LogP contribution in [0.4, 0.5) is 5.13 Å². The number of halogens is 1. The van der Waals surface area contributed by atoms with Gasteiger partial charge in [0.05, 0.1) is 24.2 Å². The third-order valence-electron chi connectivity index (χ3n) is 4.77. The minimum absolute atomic E-state index is 0.0504. The molecule has 0 unspecified atom stereocenters. The highest BCUT2D eigenvalue weighted by atomic mass is 79.9. The predicted molar refractivity (Wildman–Crippen MR) is 141 cm³/mol. The number of nitrogens with one attached hydrogen (secondary N) is 1. The fourth-order valence-electron chi connectivity index (χ4n) is 3.00. The summed E-state index contributed by atoms with van der Waals surface area (Å²) in [5.41, 5.74) is 10.0. The summed E-state index contributed by atoms with van der Waals surface area (Å²) in [5, 5.41) is 12.3. The van der Waals surface area contributed by atoms with Crippen molar-refractivity contribution in [2.45, 2.75) is 32.6 Å². The van der Waals surface area contributed by atoms with E-state index in [1.807, 2.05) is 18.2 Å². The molecule has 0 saturated heterocycles. The average Bonchev–Trinajstić information content (AvgIpc) is 3.21. The molecule has 3 aromatic rings. The van der Waals surface area contributed by atoms with Crippen LogP contribution in [0.5, 0.6) is 17.2 Å². The van der Waals surface area contributed by atoms with Crippen molar-refractivity contribution in [2.24, 2.45) is 5.10 Å². The van der Waals surface area contributed by atoms with Gasteiger partial charge in [-0.2, -0.15) is 5.10 Å². The number of aromatic nitrogens is 2. The van der Waals surface area contributed by atoms with Crippen molar-refractivity contribution < 1.29 is 19.0 Å². The summed E-state index contributed by atoms with van der Waals surface area (Å²) < 4.78 is 17.8. The van der Waals surface area contributed by atoms with Gasteiger partial charge in [-0.1, -0.05) is 44.2 Å². The van der Waals surface area contributed by atoms with E-state index >= 15 is 0 Å². The van der Waals surface area contributed by atoms with Crippen LogP contribution in [0.2, 0.25) is 0 Å². The van der Waals surface area contributed by atoms with Crippen LogP contribution in [0.25, 0.3) is 0 Å². The number of anilines is 1. The summed E-state index contributed by atoms with van der Waals surface area (Å²) in [5.74, 6) is 1.53. The third-order valence-corrected chi connectivity index (χ3v) is 6.11. The SMILES string of the molecule is COc1cc(C=NNC(=O)Cc2nnc(N)s2)cc(Br)c1OCCOc1ccc(C(C)(C)C)cc1. The number of hydrogen-bond acceptors (Lipinski definition) is 9. The molecule has 0 atom stereocenters. The van der Waals surface area contributed by atoms with Crippen LogP contribution in [0, 0.1) is 0 Å². The zero-order valence-corrected chi connectivity index (χ0v) is 22.4. The first kappa shape index (κ1) is 26.4. The molecule has 1 aromatic heterocycles. The highest BCUT2D eigenvalue weighted by Gasteiger charge is 2.14. The first-order chi connectivity index (χ1) is 16.7. The fraction of sp³-hybridized carbons (Fsp3) is 0.333. The minimum Gasteiger partial charge on any atom is -0.493 e. The smallest absolute Gasteiger partial charge is 0.247 e. The standard InChI is InChI=1S/C24H28BrN5O4S/c1-24(2,3)16-5-7-17(8-6-16)33-9-10-34-22-18(25)11-15(12-19(22)32-4)14-27-28-20(31)13-21-29-30-23(26)35-21/h5-8,11-12,14H,9-10,13H2,1-4H3,(H2,26,30)(H,28,31). The number of hydrazone groups is 1. The maximum atomic E-state index is 12.0. The molecule has 0 spiro atoms. The van der Waals surface area contributed by atoms with E-state index in [-0.39, 0.29) is 17.7 Å². The Morgan fingerprint density at radius 2 is 1.89 bits per heavy atom. The zero-order chi connectivity index (χ0) is 25.4. The van der Waals surface area contributed by atoms with Gasteiger partial charge < -0.3 is 19.9 Å². The summed E-state index contributed by atoms with van der Waals surface area (Å²) in [6.45, 7) is 7.23. The number of methoxy groups -OCH3 is 1. The Hall–Kier alpha value is -3.18. The Labute approximate surface area is 216 Å². The lowest BCUT2D eigenvalue weighted by Crippen LogP contribution is -2.19. The molecule has 9 nitrogen and oxygen atoms in total. The van der Waals surface area contributed by atoms with Crippen molar-refractivity contribution in [1.29, 1.82) is 0 Å². The monoisotopic (exact) mass is 561 g/mol. The predicted octanol–water partition coefficient (Wildman–Crippen LogP) is 4.34. The Kier molecular flexibility index (Phi) is 9.05. The van der Waals surface area contributed by atoms with E-state index in [2.05, 4.69) is 69.6 Å². The number of nitrogens with two attached hydrogens (primary N) is 1. The Bertz CT molecular complexity index is 1180. The van der Waals surface area contributed by atoms with E-state index in [1.165, 1.54) is 11.8 Å². The molecule has 0 aliphatic carbocycles. The lowest BCUT2D eigenvalue weighted by molar-refractivity contribution is -0.120. The summed E-state index contributed by atoms with van der Waals surface area (Å²) >= 11 is 4.67. The van der Waals surface area contributed by atoms with Crippen molar-refractivity contribution in [3.63, 3.8) is 0 Å². The molecule has 11 heteroatoms. The second-order valence-corrected chi connectivity index (χ2v) is 10.5. The number of benzene rings is 2. The van der Waals surface area contributed by atoms with Crippen molar-refractivity contribution in [2.75, 3.05) is 26.1 Å². The van der Waals surface area contributed by atoms with Gasteiger partial charge in [0.15, 0.2) is 11.5 Å². The van der Waals surface area contributed by atoms with E-state index in [1.54, 1.807) is 13.2 Å². The molecule has 186 valence electrons. The van der Waals surface area contributed by atoms with Crippen LogP contribution in [0.3, 0.4) is 0 Å². The molecule has 0 bridgehead atoms. The molecule has 0 radical (unpaired) electrons. The number of carbonyl (C=O) groups excluding carboxylic acids is 1. The summed E-state index contributed by atoms with van der Waals surface area (Å²) in [6.07, 6.45) is 1.56. The lowest BCUT2D eigenvalue weighted by Gasteiger charge is -2.19. The molecule has 2 aromatic carbocycles. The van der Waals surface area contributed by atoms with E-state index in [9.17, 15) is 4.79 Å². The van der Waals surface area contributed by atoms with Crippen LogP contribution < -0.4 is 25.4 Å². The number of nitrogen functional groups attached to an aromatic ring is 1. The average molecular weight is 562 g/mol. The lowest BCUT2D eigenvalue weighted by atomic mass is 9.87. The first-order valence-electron chi connectivity index (χ1n) is 10.8. The summed E-state index contributed by atoms with van der Waals surface area (Å²) in [4.78, 5) is 12.0. The molecule has 3 N–H and O–H groups in total. The molecule has 0 aliphatic heterocycles. The normalized spacial score (nSPS) is 11.5. The van der Waals surface area contributed by atoms with Crippen molar-refractivity contribution >= 4 is 44.5 Å². The van der Waals surface area contributed by atoms with Gasteiger partial charge in [-0.3, -0.25) is 4.79 Å². The molecule has 1 heterocycles. The van der Waals surface area contributed by atoms with Crippen molar-refractivity contribution in [3.8, 4) is 17.2 Å². The molecule has 0 saturated carbocycles. The Balaban J connectivity index is 1.52. The van der Waals surface area contributed by atoms with E-state index in [0.29, 0.717) is 44.9 Å². The molecule has 0 fully saturated rings. The van der Waals surface area contributed by atoms with Gasteiger partial charge in [-0.15, -0.1) is 10.2 Å². The van der Waals surface area contributed by atoms with Crippen molar-refractivity contribution in [3.05, 3.63) is 57.0 Å². The van der Waals surface area contributed by atoms with Gasteiger partial charge in [0.1, 0.15) is 24.0 Å². The van der Waals surface area contributed by atoms with E-state index < -0.39 is 0 Å². The minimum atomic E-state index is -0.323. The maximum Gasteiger partial charge on any atom is 0.247 e. The Morgan fingerprint density at radius 1 is 1.17 bits per heavy atom. The molecule has 0 aliphatic rings. The van der Waals surface area contributed by atoms with E-state index in [4.69, 9.17) is 19.9 Å². The van der Waals surface area contributed by atoms with Gasteiger partial charge in [0, 0.05) is 0 Å². The Morgan fingerprint density at radius 3 is 2.51 bits per heavy atom. The quantitative estimate of drug-likeness (QED) is 0.214. The van der Waals surface area contributed by atoms with Gasteiger partial charge >= 0.3 is 0 Å². The number of amides is 1. The highest BCUT2D eigenvalue weighted by molar-refractivity contribution is 9.10. The van der Waals surface area contributed by atoms with E-state index in [0.717, 1.165) is 17.1 Å². The van der Waals surface area contributed by atoms with Gasteiger partial charge in [-0.05, 0) is 56.7 Å². The van der Waals surface area contributed by atoms with Gasteiger partial charge in [-0.25, -0.2) is 5.43 Å².